The lowest BCUT2D eigenvalue weighted by molar-refractivity contribution is 0.0627. The second kappa shape index (κ2) is 10.1. The van der Waals surface area contributed by atoms with E-state index in [1.54, 1.807) is 43.1 Å². The van der Waals surface area contributed by atoms with E-state index in [1.807, 2.05) is 22.7 Å². The average molecular weight is 540 g/mol. The van der Waals surface area contributed by atoms with Gasteiger partial charge in [-0.1, -0.05) is 17.7 Å². The van der Waals surface area contributed by atoms with Crippen molar-refractivity contribution in [2.45, 2.75) is 26.0 Å². The van der Waals surface area contributed by atoms with Gasteiger partial charge in [0, 0.05) is 80.3 Å². The average Bonchev–Trinajstić information content (AvgIpc) is 3.20. The second-order valence-corrected chi connectivity index (χ2v) is 10.5. The Morgan fingerprint density at radius 1 is 1.11 bits per heavy atom. The molecule has 0 saturated carbocycles. The van der Waals surface area contributed by atoms with Crippen molar-refractivity contribution in [1.29, 1.82) is 0 Å². The number of halogens is 3. The van der Waals surface area contributed by atoms with Crippen LogP contribution in [0, 0.1) is 11.6 Å². The SMILES string of the molecule is Cn1cc(-c2ccnc(C(C)(C)O)n2)c2cc(C(=O)N3CCN(Cc4ccc(F)cc4F)CC3)c(Cl)cc21. The number of piperazine rings is 1. The maximum atomic E-state index is 14.1. The molecule has 0 bridgehead atoms. The number of benzene rings is 2. The number of hydrogen-bond acceptors (Lipinski definition) is 5. The van der Waals surface area contributed by atoms with Crippen molar-refractivity contribution in [2.24, 2.45) is 7.05 Å². The van der Waals surface area contributed by atoms with Crippen LogP contribution in [0.3, 0.4) is 0 Å². The number of aryl methyl sites for hydroxylation is 1. The maximum absolute atomic E-state index is 14.1. The number of fused-ring (bicyclic) bond motifs is 1. The number of amides is 1. The first-order chi connectivity index (χ1) is 18.0. The Kier molecular flexibility index (Phi) is 6.94. The molecule has 3 heterocycles. The van der Waals surface area contributed by atoms with Gasteiger partial charge in [-0.3, -0.25) is 9.69 Å². The van der Waals surface area contributed by atoms with E-state index >= 15 is 0 Å². The second-order valence-electron chi connectivity index (χ2n) is 10.1. The van der Waals surface area contributed by atoms with Gasteiger partial charge in [0.1, 0.15) is 17.2 Å². The summed E-state index contributed by atoms with van der Waals surface area (Å²) in [6, 6.07) is 8.93. The van der Waals surface area contributed by atoms with Gasteiger partial charge >= 0.3 is 0 Å². The number of rotatable bonds is 5. The van der Waals surface area contributed by atoms with Gasteiger partial charge in [-0.2, -0.15) is 0 Å². The molecule has 1 amide bonds. The molecule has 0 unspecified atom stereocenters. The summed E-state index contributed by atoms with van der Waals surface area (Å²) in [6.07, 6.45) is 3.52. The summed E-state index contributed by atoms with van der Waals surface area (Å²) >= 11 is 6.59. The number of carbonyl (C=O) groups is 1. The highest BCUT2D eigenvalue weighted by Crippen LogP contribution is 2.34. The van der Waals surface area contributed by atoms with Crippen LogP contribution in [-0.2, 0) is 19.2 Å². The van der Waals surface area contributed by atoms with Crippen LogP contribution in [0.2, 0.25) is 5.02 Å². The Balaban J connectivity index is 1.38. The van der Waals surface area contributed by atoms with Gasteiger partial charge in [0.25, 0.3) is 5.91 Å². The van der Waals surface area contributed by atoms with E-state index in [9.17, 15) is 18.7 Å². The highest BCUT2D eigenvalue weighted by molar-refractivity contribution is 6.34. The van der Waals surface area contributed by atoms with Gasteiger partial charge in [-0.15, -0.1) is 0 Å². The van der Waals surface area contributed by atoms with Crippen LogP contribution in [0.1, 0.15) is 35.6 Å². The molecule has 0 atom stereocenters. The number of nitrogens with zero attached hydrogens (tertiary/aromatic N) is 5. The zero-order valence-corrected chi connectivity index (χ0v) is 22.1. The molecule has 7 nitrogen and oxygen atoms in total. The molecule has 0 radical (unpaired) electrons. The monoisotopic (exact) mass is 539 g/mol. The third-order valence-corrected chi connectivity index (χ3v) is 7.17. The molecule has 2 aromatic carbocycles. The fraction of sp³-hybridized carbons (Fsp3) is 0.321. The fourth-order valence-electron chi connectivity index (χ4n) is 4.74. The van der Waals surface area contributed by atoms with Gasteiger partial charge in [0.15, 0.2) is 5.82 Å². The smallest absolute Gasteiger partial charge is 0.255 e. The lowest BCUT2D eigenvalue weighted by Crippen LogP contribution is -2.48. The zero-order chi connectivity index (χ0) is 27.2. The minimum Gasteiger partial charge on any atom is -0.382 e. The molecule has 1 saturated heterocycles. The summed E-state index contributed by atoms with van der Waals surface area (Å²) in [4.78, 5) is 26.1. The first-order valence-corrected chi connectivity index (χ1v) is 12.7. The highest BCUT2D eigenvalue weighted by Gasteiger charge is 2.26. The van der Waals surface area contributed by atoms with Crippen molar-refractivity contribution in [1.82, 2.24) is 24.3 Å². The van der Waals surface area contributed by atoms with E-state index in [4.69, 9.17) is 11.6 Å². The Labute approximate surface area is 224 Å². The molecule has 1 aliphatic heterocycles. The number of aromatic nitrogens is 3. The Bertz CT molecular complexity index is 1520. The third kappa shape index (κ3) is 5.14. The van der Waals surface area contributed by atoms with Crippen LogP contribution in [-0.4, -0.2) is 61.5 Å². The topological polar surface area (TPSA) is 74.5 Å². The summed E-state index contributed by atoms with van der Waals surface area (Å²) in [6.45, 7) is 5.62. The van der Waals surface area contributed by atoms with E-state index in [0.717, 1.165) is 22.5 Å². The first kappa shape index (κ1) is 26.2. The van der Waals surface area contributed by atoms with Crippen LogP contribution in [0.25, 0.3) is 22.2 Å². The summed E-state index contributed by atoms with van der Waals surface area (Å²) in [5, 5.41) is 11.5. The summed E-state index contributed by atoms with van der Waals surface area (Å²) in [5.74, 6) is -1.05. The first-order valence-electron chi connectivity index (χ1n) is 12.3. The number of hydrogen-bond donors (Lipinski definition) is 1. The third-order valence-electron chi connectivity index (χ3n) is 6.86. The van der Waals surface area contributed by atoms with Gasteiger partial charge in [0.05, 0.1) is 16.3 Å². The number of aliphatic hydroxyl groups is 1. The molecule has 0 spiro atoms. The standard InChI is InChI=1S/C28H28ClF2N5O2/c1-28(2,38)27-32-7-6-24(33-27)21-16-34(3)25-14-22(29)20(13-19(21)25)26(37)36-10-8-35(9-11-36)15-17-4-5-18(30)12-23(17)31/h4-7,12-14,16,38H,8-11,15H2,1-3H3. The maximum Gasteiger partial charge on any atom is 0.255 e. The summed E-state index contributed by atoms with van der Waals surface area (Å²) in [5.41, 5.74) is 1.89. The van der Waals surface area contributed by atoms with Crippen molar-refractivity contribution in [3.63, 3.8) is 0 Å². The highest BCUT2D eigenvalue weighted by atomic mass is 35.5. The summed E-state index contributed by atoms with van der Waals surface area (Å²) in [7, 11) is 1.89. The lowest BCUT2D eigenvalue weighted by atomic mass is 10.0. The normalized spacial score (nSPS) is 14.9. The molecule has 198 valence electrons. The Morgan fingerprint density at radius 3 is 2.53 bits per heavy atom. The van der Waals surface area contributed by atoms with Crippen molar-refractivity contribution in [2.75, 3.05) is 26.2 Å². The molecule has 4 aromatic rings. The zero-order valence-electron chi connectivity index (χ0n) is 21.4. The van der Waals surface area contributed by atoms with E-state index in [2.05, 4.69) is 9.97 Å². The fourth-order valence-corrected chi connectivity index (χ4v) is 4.98. The predicted molar refractivity (Wildman–Crippen MR) is 142 cm³/mol. The molecule has 1 aliphatic rings. The molecular weight excluding hydrogens is 512 g/mol. The van der Waals surface area contributed by atoms with Gasteiger partial charge in [0.2, 0.25) is 0 Å². The summed E-state index contributed by atoms with van der Waals surface area (Å²) < 4.78 is 29.2. The molecule has 5 rings (SSSR count). The van der Waals surface area contributed by atoms with E-state index < -0.39 is 17.2 Å². The van der Waals surface area contributed by atoms with Gasteiger partial charge in [-0.25, -0.2) is 18.7 Å². The molecule has 0 aliphatic carbocycles. The predicted octanol–water partition coefficient (Wildman–Crippen LogP) is 4.75. The van der Waals surface area contributed by atoms with Crippen LogP contribution in [0.5, 0.6) is 0 Å². The van der Waals surface area contributed by atoms with Crippen LogP contribution >= 0.6 is 11.6 Å². The van der Waals surface area contributed by atoms with E-state index in [-0.39, 0.29) is 5.91 Å². The van der Waals surface area contributed by atoms with Crippen molar-refractivity contribution in [3.8, 4) is 11.3 Å². The lowest BCUT2D eigenvalue weighted by Gasteiger charge is -2.35. The Morgan fingerprint density at radius 2 is 1.84 bits per heavy atom. The quantitative estimate of drug-likeness (QED) is 0.396. The van der Waals surface area contributed by atoms with Crippen molar-refractivity contribution >= 4 is 28.4 Å². The van der Waals surface area contributed by atoms with Crippen molar-refractivity contribution < 1.29 is 18.7 Å². The van der Waals surface area contributed by atoms with E-state index in [0.29, 0.717) is 60.4 Å². The van der Waals surface area contributed by atoms with E-state index in [1.165, 1.54) is 12.1 Å². The van der Waals surface area contributed by atoms with Crippen LogP contribution in [0.4, 0.5) is 8.78 Å². The van der Waals surface area contributed by atoms with Crippen LogP contribution < -0.4 is 0 Å². The van der Waals surface area contributed by atoms with Gasteiger partial charge < -0.3 is 14.6 Å². The molecule has 38 heavy (non-hydrogen) atoms. The van der Waals surface area contributed by atoms with Crippen LogP contribution in [0.15, 0.2) is 48.8 Å². The minimum absolute atomic E-state index is 0.181. The molecule has 1 N–H and O–H groups in total. The van der Waals surface area contributed by atoms with Gasteiger partial charge in [-0.05, 0) is 38.1 Å². The molecule has 2 aromatic heterocycles. The molecule has 10 heteroatoms. The molecule has 1 fully saturated rings. The number of carbonyl (C=O) groups excluding carboxylic acids is 1. The Hall–Kier alpha value is -3.40. The molecular formula is C28H28ClF2N5O2. The van der Waals surface area contributed by atoms with Crippen molar-refractivity contribution in [3.05, 3.63) is 82.4 Å². The minimum atomic E-state index is -1.20. The largest absolute Gasteiger partial charge is 0.382 e.